The number of nitrogens with one attached hydrogen (secondary N) is 1. The summed E-state index contributed by atoms with van der Waals surface area (Å²) in [5, 5.41) is 12.4. The minimum Gasteiger partial charge on any atom is -0.480 e. The lowest BCUT2D eigenvalue weighted by Crippen LogP contribution is -2.38. The van der Waals surface area contributed by atoms with Crippen LogP contribution in [0.2, 0.25) is 0 Å². The van der Waals surface area contributed by atoms with E-state index in [9.17, 15) is 4.79 Å². The molecule has 0 saturated heterocycles. The predicted molar refractivity (Wildman–Crippen MR) is 107 cm³/mol. The van der Waals surface area contributed by atoms with E-state index >= 15 is 0 Å². The highest BCUT2D eigenvalue weighted by Crippen LogP contribution is 2.20. The van der Waals surface area contributed by atoms with Crippen molar-refractivity contribution in [3.05, 3.63) is 23.4 Å². The minimum absolute atomic E-state index is 0.111. The van der Waals surface area contributed by atoms with Crippen LogP contribution < -0.4 is 11.1 Å². The van der Waals surface area contributed by atoms with Gasteiger partial charge in [0, 0.05) is 32.4 Å². The fourth-order valence-corrected chi connectivity index (χ4v) is 3.33. The van der Waals surface area contributed by atoms with Gasteiger partial charge < -0.3 is 25.8 Å². The standard InChI is InChI=1S/C20H34N4O3/c1-15(27-2)14-24(13-10-18(21)20(25)26)12-4-3-7-17-9-8-16-6-5-11-22-19(16)23-17/h8-9,15,18H,3-7,10-14,21H2,1-2H3,(H,22,23)(H,25,26)/t15-,18-/m1/s1. The molecule has 7 heteroatoms. The number of unbranched alkanes of at least 4 members (excludes halogenated alkanes) is 1. The van der Waals surface area contributed by atoms with Crippen molar-refractivity contribution < 1.29 is 14.6 Å². The summed E-state index contributed by atoms with van der Waals surface area (Å²) in [7, 11) is 1.70. The lowest BCUT2D eigenvalue weighted by atomic mass is 10.1. The number of anilines is 1. The maximum atomic E-state index is 10.9. The molecule has 2 rings (SSSR count). The van der Waals surface area contributed by atoms with Gasteiger partial charge in [-0.15, -0.1) is 0 Å². The summed E-state index contributed by atoms with van der Waals surface area (Å²) in [5.41, 5.74) is 8.09. The molecule has 0 amide bonds. The summed E-state index contributed by atoms with van der Waals surface area (Å²) in [4.78, 5) is 17.9. The number of carbonyl (C=O) groups is 1. The number of aryl methyl sites for hydroxylation is 2. The van der Waals surface area contributed by atoms with Gasteiger partial charge in [-0.05, 0) is 63.6 Å². The molecule has 4 N–H and O–H groups in total. The number of methoxy groups -OCH3 is 1. The number of hydrogen-bond donors (Lipinski definition) is 3. The maximum Gasteiger partial charge on any atom is 0.320 e. The molecule has 152 valence electrons. The van der Waals surface area contributed by atoms with E-state index in [0.29, 0.717) is 13.0 Å². The SMILES string of the molecule is CO[C@H](C)CN(CCCCc1ccc2c(n1)NCCC2)CC[C@@H](N)C(=O)O. The summed E-state index contributed by atoms with van der Waals surface area (Å²) < 4.78 is 5.36. The summed E-state index contributed by atoms with van der Waals surface area (Å²) in [6.45, 7) is 5.39. The Kier molecular flexibility index (Phi) is 8.97. The van der Waals surface area contributed by atoms with Crippen molar-refractivity contribution in [1.82, 2.24) is 9.88 Å². The first kappa shape index (κ1) is 21.6. The zero-order valence-corrected chi connectivity index (χ0v) is 16.6. The molecule has 7 nitrogen and oxygen atoms in total. The molecule has 0 saturated carbocycles. The molecule has 0 bridgehead atoms. The number of nitrogens with two attached hydrogens (primary N) is 1. The highest BCUT2D eigenvalue weighted by molar-refractivity contribution is 5.72. The van der Waals surface area contributed by atoms with Crippen molar-refractivity contribution in [1.29, 1.82) is 0 Å². The van der Waals surface area contributed by atoms with Crippen molar-refractivity contribution in [2.45, 2.75) is 57.6 Å². The summed E-state index contributed by atoms with van der Waals surface area (Å²) in [6, 6.07) is 3.53. The lowest BCUT2D eigenvalue weighted by Gasteiger charge is -2.25. The van der Waals surface area contributed by atoms with Crippen LogP contribution in [0.25, 0.3) is 0 Å². The van der Waals surface area contributed by atoms with Crippen molar-refractivity contribution in [2.24, 2.45) is 5.73 Å². The largest absolute Gasteiger partial charge is 0.480 e. The molecule has 0 radical (unpaired) electrons. The second-order valence-corrected chi connectivity index (χ2v) is 7.38. The van der Waals surface area contributed by atoms with Gasteiger partial charge in [0.1, 0.15) is 11.9 Å². The summed E-state index contributed by atoms with van der Waals surface area (Å²) in [5.74, 6) is 0.110. The topological polar surface area (TPSA) is 101 Å². The second-order valence-electron chi connectivity index (χ2n) is 7.38. The quantitative estimate of drug-likeness (QED) is 0.478. The van der Waals surface area contributed by atoms with Crippen LogP contribution >= 0.6 is 0 Å². The Labute approximate surface area is 162 Å². The van der Waals surface area contributed by atoms with Crippen LogP contribution in [0, 0.1) is 0 Å². The molecule has 2 heterocycles. The first-order valence-corrected chi connectivity index (χ1v) is 9.95. The third-order valence-electron chi connectivity index (χ3n) is 5.10. The van der Waals surface area contributed by atoms with Crippen molar-refractivity contribution in [3.63, 3.8) is 0 Å². The number of aromatic nitrogens is 1. The predicted octanol–water partition coefficient (Wildman–Crippen LogP) is 1.90. The highest BCUT2D eigenvalue weighted by Gasteiger charge is 2.16. The molecule has 1 aliphatic heterocycles. The Balaban J connectivity index is 1.77. The maximum absolute atomic E-state index is 10.9. The molecular weight excluding hydrogens is 344 g/mol. The van der Waals surface area contributed by atoms with Crippen LogP contribution in [-0.2, 0) is 22.4 Å². The van der Waals surface area contributed by atoms with E-state index in [0.717, 1.165) is 56.8 Å². The van der Waals surface area contributed by atoms with Gasteiger partial charge in [0.25, 0.3) is 0 Å². The number of nitrogens with zero attached hydrogens (tertiary/aromatic N) is 2. The van der Waals surface area contributed by atoms with Crippen LogP contribution in [-0.4, -0.2) is 66.4 Å². The molecule has 0 fully saturated rings. The second kappa shape index (κ2) is 11.2. The lowest BCUT2D eigenvalue weighted by molar-refractivity contribution is -0.138. The number of carboxylic acid groups (broad SMARTS) is 1. The van der Waals surface area contributed by atoms with Gasteiger partial charge in [0.15, 0.2) is 0 Å². The van der Waals surface area contributed by atoms with Gasteiger partial charge in [-0.3, -0.25) is 4.79 Å². The van der Waals surface area contributed by atoms with Crippen LogP contribution in [0.5, 0.6) is 0 Å². The van der Waals surface area contributed by atoms with Gasteiger partial charge in [0.05, 0.1) is 6.10 Å². The van der Waals surface area contributed by atoms with Gasteiger partial charge in [-0.25, -0.2) is 4.98 Å². The monoisotopic (exact) mass is 378 g/mol. The van der Waals surface area contributed by atoms with E-state index < -0.39 is 12.0 Å². The van der Waals surface area contributed by atoms with Gasteiger partial charge in [0.2, 0.25) is 0 Å². The average Bonchev–Trinajstić information content (AvgIpc) is 2.68. The Morgan fingerprint density at radius 1 is 1.41 bits per heavy atom. The van der Waals surface area contributed by atoms with E-state index in [2.05, 4.69) is 22.3 Å². The first-order valence-electron chi connectivity index (χ1n) is 9.95. The van der Waals surface area contributed by atoms with Gasteiger partial charge >= 0.3 is 5.97 Å². The molecule has 0 unspecified atom stereocenters. The Bertz CT molecular complexity index is 597. The molecule has 2 atom stereocenters. The number of aliphatic carboxylic acids is 1. The van der Waals surface area contributed by atoms with E-state index in [1.165, 1.54) is 12.0 Å². The van der Waals surface area contributed by atoms with Crippen LogP contribution in [0.4, 0.5) is 5.82 Å². The van der Waals surface area contributed by atoms with Crippen molar-refractivity contribution in [2.75, 3.05) is 38.6 Å². The van der Waals surface area contributed by atoms with Gasteiger partial charge in [-0.2, -0.15) is 0 Å². The number of rotatable bonds is 12. The zero-order chi connectivity index (χ0) is 19.6. The fraction of sp³-hybridized carbons (Fsp3) is 0.700. The smallest absolute Gasteiger partial charge is 0.320 e. The van der Waals surface area contributed by atoms with E-state index in [4.69, 9.17) is 20.6 Å². The molecule has 0 aromatic carbocycles. The van der Waals surface area contributed by atoms with E-state index in [1.54, 1.807) is 7.11 Å². The third-order valence-corrected chi connectivity index (χ3v) is 5.10. The zero-order valence-electron chi connectivity index (χ0n) is 16.6. The average molecular weight is 379 g/mol. The Morgan fingerprint density at radius 3 is 2.96 bits per heavy atom. The number of carboxylic acids is 1. The van der Waals surface area contributed by atoms with Gasteiger partial charge in [-0.1, -0.05) is 6.07 Å². The number of hydrogen-bond acceptors (Lipinski definition) is 6. The molecule has 1 aromatic rings. The molecule has 27 heavy (non-hydrogen) atoms. The summed E-state index contributed by atoms with van der Waals surface area (Å²) >= 11 is 0. The first-order chi connectivity index (χ1) is 13.0. The third kappa shape index (κ3) is 7.44. The highest BCUT2D eigenvalue weighted by atomic mass is 16.5. The Hall–Kier alpha value is -1.70. The van der Waals surface area contributed by atoms with Crippen LogP contribution in [0.15, 0.2) is 12.1 Å². The molecule has 0 spiro atoms. The van der Waals surface area contributed by atoms with Crippen LogP contribution in [0.3, 0.4) is 0 Å². The molecule has 1 aromatic heterocycles. The van der Waals surface area contributed by atoms with Crippen molar-refractivity contribution >= 4 is 11.8 Å². The van der Waals surface area contributed by atoms with E-state index in [-0.39, 0.29) is 6.10 Å². The molecular formula is C20H34N4O3. The van der Waals surface area contributed by atoms with E-state index in [1.807, 2.05) is 6.92 Å². The number of fused-ring (bicyclic) bond motifs is 1. The van der Waals surface area contributed by atoms with Crippen molar-refractivity contribution in [3.8, 4) is 0 Å². The molecule has 0 aliphatic carbocycles. The minimum atomic E-state index is -0.943. The van der Waals surface area contributed by atoms with Crippen LogP contribution in [0.1, 0.15) is 43.9 Å². The number of ether oxygens (including phenoxy) is 1. The normalized spacial score (nSPS) is 15.9. The fourth-order valence-electron chi connectivity index (χ4n) is 3.33. The number of pyridine rings is 1. The molecule has 1 aliphatic rings. The Morgan fingerprint density at radius 2 is 2.22 bits per heavy atom. The summed E-state index contributed by atoms with van der Waals surface area (Å²) in [6.07, 6.45) is 5.89.